The van der Waals surface area contributed by atoms with E-state index in [1.54, 1.807) is 48.5 Å². The van der Waals surface area contributed by atoms with Crippen molar-refractivity contribution < 1.29 is 19.1 Å². The molecule has 9 heteroatoms. The molecule has 1 aliphatic rings. The van der Waals surface area contributed by atoms with Crippen LogP contribution in [-0.4, -0.2) is 19.0 Å². The van der Waals surface area contributed by atoms with Gasteiger partial charge in [-0.15, -0.1) is 0 Å². The monoisotopic (exact) mass is 546 g/mol. The van der Waals surface area contributed by atoms with Crippen LogP contribution < -0.4 is 19.7 Å². The lowest BCUT2D eigenvalue weighted by atomic mass is 10.1. The molecule has 0 aromatic heterocycles. The highest BCUT2D eigenvalue weighted by molar-refractivity contribution is 9.10. The minimum absolute atomic E-state index is 0.118. The number of anilines is 1. The lowest BCUT2D eigenvalue weighted by Crippen LogP contribution is -2.30. The Bertz CT molecular complexity index is 1280. The molecule has 0 bridgehead atoms. The molecule has 1 fully saturated rings. The van der Waals surface area contributed by atoms with Crippen LogP contribution in [-0.2, 0) is 11.4 Å². The first-order valence-corrected chi connectivity index (χ1v) is 11.3. The second kappa shape index (κ2) is 9.87. The molecule has 1 aliphatic heterocycles. The first-order valence-electron chi connectivity index (χ1n) is 9.74. The van der Waals surface area contributed by atoms with Crippen molar-refractivity contribution in [3.8, 4) is 11.5 Å². The fraction of sp³-hybridized carbons (Fsp3) is 0.0833. The van der Waals surface area contributed by atoms with Crippen molar-refractivity contribution in [3.05, 3.63) is 92.0 Å². The van der Waals surface area contributed by atoms with E-state index < -0.39 is 11.9 Å². The van der Waals surface area contributed by atoms with Crippen molar-refractivity contribution in [1.82, 2.24) is 5.32 Å². The molecule has 3 amide bonds. The highest BCUT2D eigenvalue weighted by Gasteiger charge is 2.35. The van der Waals surface area contributed by atoms with Gasteiger partial charge in [-0.2, -0.15) is 0 Å². The van der Waals surface area contributed by atoms with Crippen LogP contribution in [0, 0.1) is 0 Å². The third-order valence-corrected chi connectivity index (χ3v) is 6.16. The number of imide groups is 1. The van der Waals surface area contributed by atoms with Gasteiger partial charge in [0.1, 0.15) is 12.3 Å². The van der Waals surface area contributed by atoms with Crippen molar-refractivity contribution in [2.75, 3.05) is 12.0 Å². The fourth-order valence-electron chi connectivity index (χ4n) is 3.25. The molecule has 168 valence electrons. The van der Waals surface area contributed by atoms with Gasteiger partial charge in [0.25, 0.3) is 5.91 Å². The molecule has 0 unspecified atom stereocenters. The maximum Gasteiger partial charge on any atom is 0.333 e. The molecular formula is C24H17BrCl2N2O4. The van der Waals surface area contributed by atoms with E-state index in [0.717, 1.165) is 10.5 Å². The number of methoxy groups -OCH3 is 1. The predicted molar refractivity (Wildman–Crippen MR) is 132 cm³/mol. The lowest BCUT2D eigenvalue weighted by molar-refractivity contribution is -0.113. The third kappa shape index (κ3) is 5.00. The van der Waals surface area contributed by atoms with Gasteiger partial charge in [0, 0.05) is 20.1 Å². The van der Waals surface area contributed by atoms with Crippen molar-refractivity contribution in [2.45, 2.75) is 6.61 Å². The average Bonchev–Trinajstić information content (AvgIpc) is 3.07. The molecule has 0 aliphatic carbocycles. The van der Waals surface area contributed by atoms with Crippen molar-refractivity contribution in [2.24, 2.45) is 0 Å². The topological polar surface area (TPSA) is 67.9 Å². The number of nitrogens with one attached hydrogen (secondary N) is 1. The molecular weight excluding hydrogens is 531 g/mol. The number of benzene rings is 3. The van der Waals surface area contributed by atoms with Crippen molar-refractivity contribution in [1.29, 1.82) is 0 Å². The summed E-state index contributed by atoms with van der Waals surface area (Å²) in [6.07, 6.45) is 1.56. The summed E-state index contributed by atoms with van der Waals surface area (Å²) >= 11 is 15.7. The summed E-state index contributed by atoms with van der Waals surface area (Å²) in [5, 5.41) is 3.63. The quantitative estimate of drug-likeness (QED) is 0.285. The van der Waals surface area contributed by atoms with Crippen LogP contribution in [0.3, 0.4) is 0 Å². The SMILES string of the molecule is COc1cc(/C=C2/NC(=O)N(c3cccc(Cl)c3)C2=O)c(Br)cc1OCc1ccccc1Cl. The zero-order chi connectivity index (χ0) is 23.5. The predicted octanol–water partition coefficient (Wildman–Crippen LogP) is 6.44. The van der Waals surface area contributed by atoms with Gasteiger partial charge in [-0.1, -0.05) is 63.4 Å². The Hall–Kier alpha value is -3.00. The zero-order valence-electron chi connectivity index (χ0n) is 17.3. The van der Waals surface area contributed by atoms with Crippen LogP contribution in [0.4, 0.5) is 10.5 Å². The number of nitrogens with zero attached hydrogens (tertiary/aromatic N) is 1. The maximum absolute atomic E-state index is 12.9. The van der Waals surface area contributed by atoms with E-state index in [1.807, 2.05) is 18.2 Å². The molecule has 33 heavy (non-hydrogen) atoms. The van der Waals surface area contributed by atoms with Gasteiger partial charge >= 0.3 is 6.03 Å². The second-order valence-electron chi connectivity index (χ2n) is 7.01. The number of halogens is 3. The van der Waals surface area contributed by atoms with E-state index in [2.05, 4.69) is 21.2 Å². The number of carbonyl (C=O) groups is 2. The van der Waals surface area contributed by atoms with Gasteiger partial charge in [0.15, 0.2) is 11.5 Å². The van der Waals surface area contributed by atoms with Crippen LogP contribution in [0.1, 0.15) is 11.1 Å². The Morgan fingerprint density at radius 2 is 1.82 bits per heavy atom. The summed E-state index contributed by atoms with van der Waals surface area (Å²) in [7, 11) is 1.52. The normalized spacial score (nSPS) is 14.5. The Morgan fingerprint density at radius 3 is 2.55 bits per heavy atom. The van der Waals surface area contributed by atoms with E-state index in [1.165, 1.54) is 7.11 Å². The van der Waals surface area contributed by atoms with E-state index >= 15 is 0 Å². The summed E-state index contributed by atoms with van der Waals surface area (Å²) in [6.45, 7) is 0.256. The van der Waals surface area contributed by atoms with Crippen LogP contribution >= 0.6 is 39.1 Å². The van der Waals surface area contributed by atoms with Crippen LogP contribution in [0.25, 0.3) is 6.08 Å². The van der Waals surface area contributed by atoms with Crippen molar-refractivity contribution in [3.63, 3.8) is 0 Å². The number of carbonyl (C=O) groups excluding carboxylic acids is 2. The van der Waals surface area contributed by atoms with Crippen LogP contribution in [0.2, 0.25) is 10.0 Å². The average molecular weight is 548 g/mol. The lowest BCUT2D eigenvalue weighted by Gasteiger charge is -2.14. The molecule has 1 N–H and O–H groups in total. The molecule has 0 spiro atoms. The van der Waals surface area contributed by atoms with Crippen molar-refractivity contribution >= 4 is 62.8 Å². The Labute approximate surface area is 208 Å². The van der Waals surface area contributed by atoms with E-state index in [0.29, 0.717) is 37.3 Å². The first-order chi connectivity index (χ1) is 15.9. The van der Waals surface area contributed by atoms with Crippen LogP contribution in [0.5, 0.6) is 11.5 Å². The molecule has 6 nitrogen and oxygen atoms in total. The molecule has 3 aromatic rings. The maximum atomic E-state index is 12.9. The molecule has 1 saturated heterocycles. The van der Waals surface area contributed by atoms with Gasteiger partial charge in [0.2, 0.25) is 0 Å². The number of hydrogen-bond donors (Lipinski definition) is 1. The van der Waals surface area contributed by atoms with Gasteiger partial charge in [-0.3, -0.25) is 4.79 Å². The minimum atomic E-state index is -0.559. The largest absolute Gasteiger partial charge is 0.493 e. The van der Waals surface area contributed by atoms with Gasteiger partial charge in [0.05, 0.1) is 12.8 Å². The van der Waals surface area contributed by atoms with Gasteiger partial charge in [-0.25, -0.2) is 9.69 Å². The Kier molecular flexibility index (Phi) is 6.93. The first kappa shape index (κ1) is 23.2. The van der Waals surface area contributed by atoms with E-state index in [4.69, 9.17) is 32.7 Å². The highest BCUT2D eigenvalue weighted by Crippen LogP contribution is 2.36. The van der Waals surface area contributed by atoms with Crippen LogP contribution in [0.15, 0.2) is 70.8 Å². The number of ether oxygens (including phenoxy) is 2. The summed E-state index contributed by atoms with van der Waals surface area (Å²) in [4.78, 5) is 26.4. The zero-order valence-corrected chi connectivity index (χ0v) is 20.4. The number of hydrogen-bond acceptors (Lipinski definition) is 4. The molecule has 1 heterocycles. The fourth-order valence-corrected chi connectivity index (χ4v) is 4.06. The number of rotatable bonds is 6. The summed E-state index contributed by atoms with van der Waals surface area (Å²) in [5.74, 6) is 0.460. The standard InChI is InChI=1S/C24H17BrCl2N2O4/c1-32-21-10-15(18(25)12-22(21)33-13-14-5-2-3-8-19(14)27)9-20-23(30)29(24(31)28-20)17-7-4-6-16(26)11-17/h2-12H,13H2,1H3,(H,28,31)/b20-9+. The number of urea groups is 1. The number of amides is 3. The summed E-state index contributed by atoms with van der Waals surface area (Å²) in [5.41, 5.74) is 1.96. The molecule has 0 radical (unpaired) electrons. The summed E-state index contributed by atoms with van der Waals surface area (Å²) < 4.78 is 12.0. The molecule has 0 saturated carbocycles. The molecule has 0 atom stereocenters. The molecule has 4 rings (SSSR count). The Morgan fingerprint density at radius 1 is 1.03 bits per heavy atom. The Balaban J connectivity index is 1.60. The summed E-state index contributed by atoms with van der Waals surface area (Å²) in [6, 6.07) is 16.8. The second-order valence-corrected chi connectivity index (χ2v) is 8.71. The smallest absolute Gasteiger partial charge is 0.333 e. The van der Waals surface area contributed by atoms with Gasteiger partial charge in [-0.05, 0) is 48.0 Å². The van der Waals surface area contributed by atoms with E-state index in [-0.39, 0.29) is 12.3 Å². The van der Waals surface area contributed by atoms with Gasteiger partial charge < -0.3 is 14.8 Å². The minimum Gasteiger partial charge on any atom is -0.493 e. The highest BCUT2D eigenvalue weighted by atomic mass is 79.9. The third-order valence-electron chi connectivity index (χ3n) is 4.87. The van der Waals surface area contributed by atoms with E-state index in [9.17, 15) is 9.59 Å². The molecule has 3 aromatic carbocycles.